The van der Waals surface area contributed by atoms with Crippen LogP contribution in [0.5, 0.6) is 0 Å². The van der Waals surface area contributed by atoms with Gasteiger partial charge in [0.1, 0.15) is 0 Å². The Morgan fingerprint density at radius 2 is 1.85 bits per heavy atom. The monoisotopic (exact) mass is 359 g/mol. The second-order valence-electron chi connectivity index (χ2n) is 7.14. The number of nitrogens with one attached hydrogen (secondary N) is 2. The van der Waals surface area contributed by atoms with Crippen molar-refractivity contribution in [3.63, 3.8) is 0 Å². The van der Waals surface area contributed by atoms with Crippen LogP contribution in [0.2, 0.25) is 0 Å². The zero-order valence-electron chi connectivity index (χ0n) is 15.3. The van der Waals surface area contributed by atoms with E-state index >= 15 is 0 Å². The number of nitrogens with zero attached hydrogens (tertiary/aromatic N) is 3. The van der Waals surface area contributed by atoms with Crippen molar-refractivity contribution in [2.24, 2.45) is 0 Å². The summed E-state index contributed by atoms with van der Waals surface area (Å²) in [4.78, 5) is 32.7. The highest BCUT2D eigenvalue weighted by Gasteiger charge is 2.22. The summed E-state index contributed by atoms with van der Waals surface area (Å²) >= 11 is 0. The number of urea groups is 1. The maximum atomic E-state index is 12.3. The molecule has 2 heterocycles. The summed E-state index contributed by atoms with van der Waals surface area (Å²) in [7, 11) is 0. The third-order valence-electron chi connectivity index (χ3n) is 5.18. The summed E-state index contributed by atoms with van der Waals surface area (Å²) in [5.74, 6) is -0.0127. The molecule has 1 saturated heterocycles. The summed E-state index contributed by atoms with van der Waals surface area (Å²) in [6.45, 7) is 3.92. The third-order valence-corrected chi connectivity index (χ3v) is 5.18. The molecule has 142 valence electrons. The van der Waals surface area contributed by atoms with Crippen LogP contribution >= 0.6 is 0 Å². The summed E-state index contributed by atoms with van der Waals surface area (Å²) in [6, 6.07) is 5.96. The van der Waals surface area contributed by atoms with E-state index in [-0.39, 0.29) is 24.5 Å². The highest BCUT2D eigenvalue weighted by Crippen LogP contribution is 2.17. The fourth-order valence-electron chi connectivity index (χ4n) is 3.63. The van der Waals surface area contributed by atoms with Gasteiger partial charge in [-0.3, -0.25) is 14.7 Å². The van der Waals surface area contributed by atoms with Crippen LogP contribution in [-0.2, 0) is 11.3 Å². The van der Waals surface area contributed by atoms with Gasteiger partial charge in [-0.05, 0) is 25.0 Å². The second kappa shape index (κ2) is 9.52. The van der Waals surface area contributed by atoms with Gasteiger partial charge in [0.2, 0.25) is 5.91 Å². The third kappa shape index (κ3) is 5.69. The van der Waals surface area contributed by atoms with Crippen LogP contribution in [0.1, 0.15) is 37.8 Å². The molecule has 1 aromatic rings. The molecule has 0 unspecified atom stereocenters. The molecule has 26 heavy (non-hydrogen) atoms. The maximum Gasteiger partial charge on any atom is 0.315 e. The normalized spacial score (nSPS) is 19.2. The molecule has 2 aliphatic rings. The SMILES string of the molecule is O=C(NCC(=O)N1CCN(Cc2ccccn2)CC1)NC1CCCCC1. The smallest absolute Gasteiger partial charge is 0.315 e. The lowest BCUT2D eigenvalue weighted by molar-refractivity contribution is -0.131. The lowest BCUT2D eigenvalue weighted by Crippen LogP contribution is -2.52. The number of aromatic nitrogens is 1. The van der Waals surface area contributed by atoms with E-state index in [1.54, 1.807) is 6.20 Å². The molecule has 3 rings (SSSR count). The number of hydrogen-bond acceptors (Lipinski definition) is 4. The lowest BCUT2D eigenvalue weighted by atomic mass is 9.96. The Morgan fingerprint density at radius 1 is 1.08 bits per heavy atom. The highest BCUT2D eigenvalue weighted by atomic mass is 16.2. The van der Waals surface area contributed by atoms with Crippen molar-refractivity contribution in [2.75, 3.05) is 32.7 Å². The second-order valence-corrected chi connectivity index (χ2v) is 7.14. The Kier molecular flexibility index (Phi) is 6.82. The average Bonchev–Trinajstić information content (AvgIpc) is 2.68. The van der Waals surface area contributed by atoms with E-state index in [0.29, 0.717) is 13.1 Å². The van der Waals surface area contributed by atoms with E-state index in [9.17, 15) is 9.59 Å². The molecular formula is C19H29N5O2. The molecule has 3 amide bonds. The highest BCUT2D eigenvalue weighted by molar-refractivity contribution is 5.84. The predicted octanol–water partition coefficient (Wildman–Crippen LogP) is 1.36. The predicted molar refractivity (Wildman–Crippen MR) is 99.5 cm³/mol. The van der Waals surface area contributed by atoms with Gasteiger partial charge in [0.25, 0.3) is 0 Å². The van der Waals surface area contributed by atoms with Gasteiger partial charge in [-0.15, -0.1) is 0 Å². The molecule has 7 nitrogen and oxygen atoms in total. The summed E-state index contributed by atoms with van der Waals surface area (Å²) < 4.78 is 0. The van der Waals surface area contributed by atoms with Crippen LogP contribution in [0.15, 0.2) is 24.4 Å². The number of carbonyl (C=O) groups is 2. The number of rotatable bonds is 5. The molecule has 0 aromatic carbocycles. The Labute approximate surface area is 155 Å². The summed E-state index contributed by atoms with van der Waals surface area (Å²) in [6.07, 6.45) is 7.49. The van der Waals surface area contributed by atoms with Crippen molar-refractivity contribution in [1.82, 2.24) is 25.4 Å². The molecule has 0 spiro atoms. The van der Waals surface area contributed by atoms with Crippen molar-refractivity contribution < 1.29 is 9.59 Å². The van der Waals surface area contributed by atoms with Crippen molar-refractivity contribution in [3.05, 3.63) is 30.1 Å². The first-order valence-electron chi connectivity index (χ1n) is 9.65. The van der Waals surface area contributed by atoms with Crippen LogP contribution in [0.25, 0.3) is 0 Å². The molecule has 2 fully saturated rings. The van der Waals surface area contributed by atoms with Crippen LogP contribution in [0.4, 0.5) is 4.79 Å². The van der Waals surface area contributed by atoms with Gasteiger partial charge in [-0.25, -0.2) is 4.79 Å². The average molecular weight is 359 g/mol. The van der Waals surface area contributed by atoms with E-state index < -0.39 is 0 Å². The van der Waals surface area contributed by atoms with E-state index in [4.69, 9.17) is 0 Å². The van der Waals surface area contributed by atoms with Crippen molar-refractivity contribution >= 4 is 11.9 Å². The van der Waals surface area contributed by atoms with Crippen molar-refractivity contribution in [2.45, 2.75) is 44.7 Å². The molecule has 0 bridgehead atoms. The van der Waals surface area contributed by atoms with Crippen molar-refractivity contribution in [1.29, 1.82) is 0 Å². The zero-order chi connectivity index (χ0) is 18.2. The van der Waals surface area contributed by atoms with E-state index in [1.165, 1.54) is 19.3 Å². The summed E-state index contributed by atoms with van der Waals surface area (Å²) in [5, 5.41) is 5.69. The van der Waals surface area contributed by atoms with E-state index in [1.807, 2.05) is 23.1 Å². The first-order valence-corrected chi connectivity index (χ1v) is 9.65. The van der Waals surface area contributed by atoms with Gasteiger partial charge >= 0.3 is 6.03 Å². The van der Waals surface area contributed by atoms with Gasteiger partial charge in [0.05, 0.1) is 12.2 Å². The van der Waals surface area contributed by atoms with Crippen LogP contribution in [0, 0.1) is 0 Å². The Hall–Kier alpha value is -2.15. The number of pyridine rings is 1. The molecule has 1 aromatic heterocycles. The van der Waals surface area contributed by atoms with Gasteiger partial charge in [0, 0.05) is 45.0 Å². The minimum Gasteiger partial charge on any atom is -0.339 e. The van der Waals surface area contributed by atoms with Crippen LogP contribution in [-0.4, -0.2) is 65.5 Å². The molecular weight excluding hydrogens is 330 g/mol. The quantitative estimate of drug-likeness (QED) is 0.832. The number of amides is 3. The van der Waals surface area contributed by atoms with E-state index in [0.717, 1.165) is 38.2 Å². The standard InChI is InChI=1S/C19H29N5O2/c25-18(14-21-19(26)22-16-6-2-1-3-7-16)24-12-10-23(11-13-24)15-17-8-4-5-9-20-17/h4-5,8-9,16H,1-3,6-7,10-15H2,(H2,21,22,26). The molecule has 2 N–H and O–H groups in total. The first-order chi connectivity index (χ1) is 12.7. The fraction of sp³-hybridized carbons (Fsp3) is 0.632. The Morgan fingerprint density at radius 3 is 2.54 bits per heavy atom. The molecule has 1 saturated carbocycles. The number of carbonyl (C=O) groups excluding carboxylic acids is 2. The minimum absolute atomic E-state index is 0.0127. The molecule has 1 aliphatic carbocycles. The van der Waals surface area contributed by atoms with Crippen LogP contribution < -0.4 is 10.6 Å². The maximum absolute atomic E-state index is 12.3. The van der Waals surface area contributed by atoms with Gasteiger partial charge < -0.3 is 15.5 Å². The van der Waals surface area contributed by atoms with Crippen LogP contribution in [0.3, 0.4) is 0 Å². The molecule has 0 atom stereocenters. The fourth-order valence-corrected chi connectivity index (χ4v) is 3.63. The lowest BCUT2D eigenvalue weighted by Gasteiger charge is -2.34. The van der Waals surface area contributed by atoms with Gasteiger partial charge in [-0.1, -0.05) is 25.3 Å². The Balaban J connectivity index is 1.33. The largest absolute Gasteiger partial charge is 0.339 e. The van der Waals surface area contributed by atoms with Gasteiger partial charge in [0.15, 0.2) is 0 Å². The zero-order valence-corrected chi connectivity index (χ0v) is 15.3. The van der Waals surface area contributed by atoms with Gasteiger partial charge in [-0.2, -0.15) is 0 Å². The first kappa shape index (κ1) is 18.6. The topological polar surface area (TPSA) is 77.6 Å². The summed E-state index contributed by atoms with van der Waals surface area (Å²) in [5.41, 5.74) is 1.05. The number of piperazine rings is 1. The van der Waals surface area contributed by atoms with Crippen molar-refractivity contribution in [3.8, 4) is 0 Å². The molecule has 7 heteroatoms. The molecule has 0 radical (unpaired) electrons. The number of hydrogen-bond donors (Lipinski definition) is 2. The molecule has 1 aliphatic heterocycles. The van der Waals surface area contributed by atoms with E-state index in [2.05, 4.69) is 20.5 Å². The minimum atomic E-state index is -0.223. The Bertz CT molecular complexity index is 581.